The fourth-order valence-electron chi connectivity index (χ4n) is 2.57. The lowest BCUT2D eigenvalue weighted by Gasteiger charge is -2.32. The molecule has 0 radical (unpaired) electrons. The molecule has 1 atom stereocenters. The number of aryl methyl sites for hydroxylation is 1. The molecule has 0 saturated heterocycles. The highest BCUT2D eigenvalue weighted by molar-refractivity contribution is 5.82. The van der Waals surface area contributed by atoms with Crippen LogP contribution in [0.1, 0.15) is 36.6 Å². The van der Waals surface area contributed by atoms with E-state index in [4.69, 9.17) is 4.74 Å². The largest absolute Gasteiger partial charge is 0.479 e. The highest BCUT2D eigenvalue weighted by Crippen LogP contribution is 2.26. The molecule has 1 N–H and O–H groups in total. The van der Waals surface area contributed by atoms with Crippen LogP contribution in [0.3, 0.4) is 0 Å². The molecule has 132 valence electrons. The molecule has 1 aromatic carbocycles. The maximum absolute atomic E-state index is 12.6. The zero-order chi connectivity index (χ0) is 18.4. The predicted molar refractivity (Wildman–Crippen MR) is 93.0 cm³/mol. The number of aromatic nitrogens is 1. The van der Waals surface area contributed by atoms with E-state index in [2.05, 4.69) is 4.98 Å². The third-order valence-electron chi connectivity index (χ3n) is 3.86. The van der Waals surface area contributed by atoms with Gasteiger partial charge in [0, 0.05) is 24.0 Å². The Labute approximate surface area is 147 Å². The van der Waals surface area contributed by atoms with Gasteiger partial charge < -0.3 is 9.84 Å². The van der Waals surface area contributed by atoms with Gasteiger partial charge >= 0.3 is 12.1 Å². The minimum absolute atomic E-state index is 0.0846. The normalized spacial score (nSPS) is 11.8. The van der Waals surface area contributed by atoms with Gasteiger partial charge in [0.2, 0.25) is 0 Å². The molecule has 0 aliphatic rings. The molecule has 0 saturated carbocycles. The van der Waals surface area contributed by atoms with Crippen LogP contribution < -0.4 is 0 Å². The van der Waals surface area contributed by atoms with Gasteiger partial charge in [-0.05, 0) is 38.0 Å². The fourth-order valence-corrected chi connectivity index (χ4v) is 2.57. The van der Waals surface area contributed by atoms with Gasteiger partial charge in [-0.25, -0.2) is 9.59 Å². The van der Waals surface area contributed by atoms with Crippen molar-refractivity contribution >= 4 is 12.1 Å². The topological polar surface area (TPSA) is 79.7 Å². The Morgan fingerprint density at radius 1 is 1.20 bits per heavy atom. The molecule has 1 amide bonds. The van der Waals surface area contributed by atoms with E-state index in [1.807, 2.05) is 30.3 Å². The molecule has 1 heterocycles. The quantitative estimate of drug-likeness (QED) is 0.868. The molecule has 2 rings (SSSR count). The fraction of sp³-hybridized carbons (Fsp3) is 0.316. The van der Waals surface area contributed by atoms with E-state index in [1.54, 1.807) is 33.0 Å². The Balaban J connectivity index is 2.26. The van der Waals surface area contributed by atoms with Gasteiger partial charge in [-0.15, -0.1) is 0 Å². The Kier molecular flexibility index (Phi) is 6.11. The van der Waals surface area contributed by atoms with Crippen LogP contribution in [-0.4, -0.2) is 33.1 Å². The van der Waals surface area contributed by atoms with Crippen molar-refractivity contribution in [2.24, 2.45) is 0 Å². The third-order valence-corrected chi connectivity index (χ3v) is 3.86. The Bertz CT molecular complexity index is 731. The number of hydrogen-bond acceptors (Lipinski definition) is 4. The molecule has 6 heteroatoms. The summed E-state index contributed by atoms with van der Waals surface area (Å²) in [6.45, 7) is 5.39. The van der Waals surface area contributed by atoms with Crippen molar-refractivity contribution < 1.29 is 19.4 Å². The molecular weight excluding hydrogens is 320 g/mol. The molecule has 1 unspecified atom stereocenters. The summed E-state index contributed by atoms with van der Waals surface area (Å²) in [7, 11) is 0. The van der Waals surface area contributed by atoms with Crippen molar-refractivity contribution in [3.05, 3.63) is 65.5 Å². The number of carbonyl (C=O) groups excluding carboxylic acids is 1. The number of pyridine rings is 1. The van der Waals surface area contributed by atoms with Gasteiger partial charge in [-0.1, -0.05) is 30.3 Å². The maximum atomic E-state index is 12.6. The van der Waals surface area contributed by atoms with Gasteiger partial charge in [-0.3, -0.25) is 9.88 Å². The first-order valence-electron chi connectivity index (χ1n) is 8.04. The van der Waals surface area contributed by atoms with Gasteiger partial charge in [0.1, 0.15) is 6.61 Å². The SMILES string of the molecule is Cc1ccncc1C(C(=O)O)N(C(=O)OCc1ccccc1)C(C)C. The Hall–Kier alpha value is -2.89. The highest BCUT2D eigenvalue weighted by atomic mass is 16.6. The molecule has 6 nitrogen and oxygen atoms in total. The second-order valence-electron chi connectivity index (χ2n) is 6.01. The third kappa shape index (κ3) is 4.56. The molecule has 0 aliphatic carbocycles. The number of carboxylic acids is 1. The van der Waals surface area contributed by atoms with Crippen LogP contribution in [0.5, 0.6) is 0 Å². The average Bonchev–Trinajstić information content (AvgIpc) is 2.58. The number of carboxylic acid groups (broad SMARTS) is 1. The predicted octanol–water partition coefficient (Wildman–Crippen LogP) is 3.56. The first-order valence-corrected chi connectivity index (χ1v) is 8.04. The molecule has 0 aliphatic heterocycles. The minimum Gasteiger partial charge on any atom is -0.479 e. The van der Waals surface area contributed by atoms with E-state index in [-0.39, 0.29) is 12.6 Å². The molecule has 0 bridgehead atoms. The number of carbonyl (C=O) groups is 2. The summed E-state index contributed by atoms with van der Waals surface area (Å²) >= 11 is 0. The van der Waals surface area contributed by atoms with Crippen LogP contribution in [0.4, 0.5) is 4.79 Å². The Morgan fingerprint density at radius 2 is 1.88 bits per heavy atom. The number of hydrogen-bond donors (Lipinski definition) is 1. The number of nitrogens with zero attached hydrogens (tertiary/aromatic N) is 2. The number of benzene rings is 1. The lowest BCUT2D eigenvalue weighted by atomic mass is 10.0. The monoisotopic (exact) mass is 342 g/mol. The van der Waals surface area contributed by atoms with Gasteiger partial charge in [0.15, 0.2) is 6.04 Å². The number of aliphatic carboxylic acids is 1. The van der Waals surface area contributed by atoms with E-state index in [1.165, 1.54) is 11.1 Å². The molecule has 0 spiro atoms. The van der Waals surface area contributed by atoms with Crippen LogP contribution in [0.15, 0.2) is 48.8 Å². The molecule has 0 fully saturated rings. The van der Waals surface area contributed by atoms with Gasteiger partial charge in [-0.2, -0.15) is 0 Å². The maximum Gasteiger partial charge on any atom is 0.411 e. The summed E-state index contributed by atoms with van der Waals surface area (Å²) in [5.74, 6) is -1.12. The second kappa shape index (κ2) is 8.28. The number of ether oxygens (including phenoxy) is 1. The first-order chi connectivity index (χ1) is 11.9. The summed E-state index contributed by atoms with van der Waals surface area (Å²) < 4.78 is 5.35. The zero-order valence-electron chi connectivity index (χ0n) is 14.5. The van der Waals surface area contributed by atoms with Crippen LogP contribution in [0.2, 0.25) is 0 Å². The van der Waals surface area contributed by atoms with E-state index in [0.717, 1.165) is 11.1 Å². The van der Waals surface area contributed by atoms with Crippen molar-refractivity contribution in [2.75, 3.05) is 0 Å². The van der Waals surface area contributed by atoms with Crippen LogP contribution in [0, 0.1) is 6.92 Å². The number of rotatable bonds is 6. The van der Waals surface area contributed by atoms with E-state index in [9.17, 15) is 14.7 Å². The number of amides is 1. The minimum atomic E-state index is -1.16. The van der Waals surface area contributed by atoms with Crippen LogP contribution >= 0.6 is 0 Å². The molecule has 2 aromatic rings. The lowest BCUT2D eigenvalue weighted by Crippen LogP contribution is -2.44. The van der Waals surface area contributed by atoms with Crippen LogP contribution in [0.25, 0.3) is 0 Å². The molecule has 25 heavy (non-hydrogen) atoms. The summed E-state index contributed by atoms with van der Waals surface area (Å²) in [4.78, 5) is 29.7. The summed E-state index contributed by atoms with van der Waals surface area (Å²) in [6, 6.07) is 9.46. The average molecular weight is 342 g/mol. The molecule has 1 aromatic heterocycles. The van der Waals surface area contributed by atoms with E-state index >= 15 is 0 Å². The van der Waals surface area contributed by atoms with Gasteiger partial charge in [0.25, 0.3) is 0 Å². The van der Waals surface area contributed by atoms with E-state index in [0.29, 0.717) is 5.56 Å². The van der Waals surface area contributed by atoms with Crippen molar-refractivity contribution in [2.45, 2.75) is 39.5 Å². The lowest BCUT2D eigenvalue weighted by molar-refractivity contribution is -0.143. The zero-order valence-corrected chi connectivity index (χ0v) is 14.5. The van der Waals surface area contributed by atoms with Gasteiger partial charge in [0.05, 0.1) is 0 Å². The highest BCUT2D eigenvalue weighted by Gasteiger charge is 2.35. The molecular formula is C19H22N2O4. The van der Waals surface area contributed by atoms with Crippen LogP contribution in [-0.2, 0) is 16.1 Å². The standard InChI is InChI=1S/C19H22N2O4/c1-13(2)21(19(24)25-12-15-7-5-4-6-8-15)17(18(22)23)16-11-20-10-9-14(16)3/h4-11,13,17H,12H2,1-3H3,(H,22,23). The van der Waals surface area contributed by atoms with Crippen molar-refractivity contribution in [3.8, 4) is 0 Å². The second-order valence-corrected chi connectivity index (χ2v) is 6.01. The first kappa shape index (κ1) is 18.4. The summed E-state index contributed by atoms with van der Waals surface area (Å²) in [5, 5.41) is 9.73. The Morgan fingerprint density at radius 3 is 2.44 bits per heavy atom. The summed E-state index contributed by atoms with van der Waals surface area (Å²) in [5.41, 5.74) is 2.06. The van der Waals surface area contributed by atoms with Crippen molar-refractivity contribution in [1.29, 1.82) is 0 Å². The summed E-state index contributed by atoms with van der Waals surface area (Å²) in [6.07, 6.45) is 2.40. The smallest absolute Gasteiger partial charge is 0.411 e. The van der Waals surface area contributed by atoms with Crippen molar-refractivity contribution in [3.63, 3.8) is 0 Å². The van der Waals surface area contributed by atoms with Crippen molar-refractivity contribution in [1.82, 2.24) is 9.88 Å². The van der Waals surface area contributed by atoms with E-state index < -0.39 is 18.1 Å².